The van der Waals surface area contributed by atoms with E-state index in [9.17, 15) is 9.59 Å². The first-order valence-electron chi connectivity index (χ1n) is 13.1. The second kappa shape index (κ2) is 10.6. The van der Waals surface area contributed by atoms with Crippen LogP contribution in [0.3, 0.4) is 0 Å². The largest absolute Gasteiger partial charge is 0.349 e. The number of benzene rings is 2. The lowest BCUT2D eigenvalue weighted by atomic mass is 9.97. The lowest BCUT2D eigenvalue weighted by molar-refractivity contribution is -0.117. The van der Waals surface area contributed by atoms with Crippen molar-refractivity contribution in [3.63, 3.8) is 0 Å². The van der Waals surface area contributed by atoms with Crippen molar-refractivity contribution >= 4 is 39.3 Å². The number of H-pyrrole nitrogens is 1. The van der Waals surface area contributed by atoms with Gasteiger partial charge < -0.3 is 20.5 Å². The average Bonchev–Trinajstić information content (AvgIpc) is 3.53. The number of para-hydroxylation sites is 2. The van der Waals surface area contributed by atoms with Crippen LogP contribution < -0.4 is 10.6 Å². The summed E-state index contributed by atoms with van der Waals surface area (Å²) in [4.78, 5) is 43.7. The summed E-state index contributed by atoms with van der Waals surface area (Å²) in [6.45, 7) is 4.17. The van der Waals surface area contributed by atoms with Gasteiger partial charge in [-0.25, -0.2) is 9.97 Å². The van der Waals surface area contributed by atoms with Crippen LogP contribution in [0.2, 0.25) is 0 Å². The third-order valence-electron chi connectivity index (χ3n) is 7.29. The summed E-state index contributed by atoms with van der Waals surface area (Å²) in [5.41, 5.74) is 4.50. The SMILES string of the molecule is CN1CCN(CC(=O)Nc2nc3c(s2)CC(NC(=O)c2ccc(-c4nc5ccccc5[nH]4)cc2)CC3)CC1. The first-order valence-corrected chi connectivity index (χ1v) is 13.9. The van der Waals surface area contributed by atoms with Gasteiger partial charge in [-0.1, -0.05) is 24.3 Å². The van der Waals surface area contributed by atoms with Crippen molar-refractivity contribution in [3.8, 4) is 11.4 Å². The molecule has 2 aromatic heterocycles. The molecule has 0 spiro atoms. The van der Waals surface area contributed by atoms with Gasteiger partial charge in [-0.05, 0) is 44.2 Å². The maximum atomic E-state index is 13.0. The van der Waals surface area contributed by atoms with E-state index >= 15 is 0 Å². The Kier molecular flexibility index (Phi) is 6.92. The molecule has 1 aliphatic heterocycles. The fourth-order valence-electron chi connectivity index (χ4n) is 5.06. The molecule has 38 heavy (non-hydrogen) atoms. The van der Waals surface area contributed by atoms with Crippen molar-refractivity contribution in [3.05, 3.63) is 64.7 Å². The highest BCUT2D eigenvalue weighted by Crippen LogP contribution is 2.30. The van der Waals surface area contributed by atoms with Crippen molar-refractivity contribution in [2.75, 3.05) is 45.1 Å². The molecule has 196 valence electrons. The van der Waals surface area contributed by atoms with Crippen LogP contribution in [0.25, 0.3) is 22.4 Å². The zero-order valence-corrected chi connectivity index (χ0v) is 22.2. The van der Waals surface area contributed by atoms with Crippen LogP contribution in [-0.2, 0) is 17.6 Å². The van der Waals surface area contributed by atoms with Gasteiger partial charge in [-0.15, -0.1) is 11.3 Å². The highest BCUT2D eigenvalue weighted by atomic mass is 32.1. The number of nitrogens with zero attached hydrogens (tertiary/aromatic N) is 4. The number of amides is 2. The predicted octanol–water partition coefficient (Wildman–Crippen LogP) is 3.16. The molecular formula is C28H31N7O2S. The smallest absolute Gasteiger partial charge is 0.251 e. The van der Waals surface area contributed by atoms with E-state index < -0.39 is 0 Å². The van der Waals surface area contributed by atoms with Gasteiger partial charge >= 0.3 is 0 Å². The standard InChI is InChI=1S/C28H31N7O2S/c1-34-12-14-35(15-13-34)17-25(36)33-28-32-23-11-10-20(16-24(23)38-28)29-27(37)19-8-6-18(7-9-19)26-30-21-4-2-3-5-22(21)31-26/h2-9,20H,10-17H2,1H3,(H,29,37)(H,30,31)(H,32,33,36). The number of carbonyl (C=O) groups is 2. The molecule has 1 unspecified atom stereocenters. The predicted molar refractivity (Wildman–Crippen MR) is 149 cm³/mol. The van der Waals surface area contributed by atoms with Gasteiger partial charge in [0.25, 0.3) is 5.91 Å². The minimum absolute atomic E-state index is 0.0170. The molecule has 0 saturated carbocycles. The van der Waals surface area contributed by atoms with Crippen LogP contribution in [0, 0.1) is 0 Å². The maximum Gasteiger partial charge on any atom is 0.251 e. The Morgan fingerprint density at radius 3 is 2.63 bits per heavy atom. The second-order valence-electron chi connectivity index (χ2n) is 10.1. The Morgan fingerprint density at radius 2 is 1.84 bits per heavy atom. The van der Waals surface area contributed by atoms with Crippen molar-refractivity contribution in [2.24, 2.45) is 0 Å². The number of aromatic amines is 1. The number of thiazole rings is 1. The molecule has 2 amide bonds. The number of hydrogen-bond acceptors (Lipinski definition) is 7. The molecule has 9 nitrogen and oxygen atoms in total. The number of fused-ring (bicyclic) bond motifs is 2. The number of hydrogen-bond donors (Lipinski definition) is 3. The molecule has 0 bridgehead atoms. The van der Waals surface area contributed by atoms with E-state index in [0.717, 1.165) is 78.4 Å². The number of imidazole rings is 1. The molecular weight excluding hydrogens is 498 g/mol. The number of nitrogens with one attached hydrogen (secondary N) is 3. The molecule has 10 heteroatoms. The molecule has 0 radical (unpaired) electrons. The zero-order valence-electron chi connectivity index (χ0n) is 21.4. The van der Waals surface area contributed by atoms with Gasteiger partial charge in [0.05, 0.1) is 23.3 Å². The summed E-state index contributed by atoms with van der Waals surface area (Å²) < 4.78 is 0. The summed E-state index contributed by atoms with van der Waals surface area (Å²) in [5, 5.41) is 6.82. The summed E-state index contributed by atoms with van der Waals surface area (Å²) in [5.74, 6) is 0.686. The van der Waals surface area contributed by atoms with E-state index in [4.69, 9.17) is 0 Å². The van der Waals surface area contributed by atoms with Crippen molar-refractivity contribution in [1.29, 1.82) is 0 Å². The van der Waals surface area contributed by atoms with Crippen LogP contribution >= 0.6 is 11.3 Å². The molecule has 1 atom stereocenters. The van der Waals surface area contributed by atoms with E-state index in [0.29, 0.717) is 17.2 Å². The van der Waals surface area contributed by atoms with Gasteiger partial charge in [0.1, 0.15) is 5.82 Å². The van der Waals surface area contributed by atoms with E-state index in [1.807, 2.05) is 48.5 Å². The molecule has 3 N–H and O–H groups in total. The van der Waals surface area contributed by atoms with E-state index in [1.165, 1.54) is 11.3 Å². The zero-order chi connectivity index (χ0) is 26.1. The number of aryl methyl sites for hydroxylation is 1. The Balaban J connectivity index is 1.03. The minimum Gasteiger partial charge on any atom is -0.349 e. The summed E-state index contributed by atoms with van der Waals surface area (Å²) in [6.07, 6.45) is 2.34. The normalized spacial score (nSPS) is 18.3. The lowest BCUT2D eigenvalue weighted by Crippen LogP contribution is -2.47. The van der Waals surface area contributed by atoms with Crippen molar-refractivity contribution < 1.29 is 9.59 Å². The van der Waals surface area contributed by atoms with Gasteiger partial charge in [-0.2, -0.15) is 0 Å². The molecule has 6 rings (SSSR count). The minimum atomic E-state index is -0.0835. The number of likely N-dealkylation sites (N-methyl/N-ethyl adjacent to an activating group) is 1. The number of anilines is 1. The molecule has 2 aliphatic rings. The second-order valence-corrected chi connectivity index (χ2v) is 11.2. The number of piperazine rings is 1. The molecule has 2 aromatic carbocycles. The Morgan fingerprint density at radius 1 is 1.05 bits per heavy atom. The summed E-state index contributed by atoms with van der Waals surface area (Å²) in [7, 11) is 2.10. The van der Waals surface area contributed by atoms with Gasteiger partial charge in [0.15, 0.2) is 5.13 Å². The Bertz CT molecular complexity index is 1420. The molecule has 3 heterocycles. The monoisotopic (exact) mass is 529 g/mol. The van der Waals surface area contributed by atoms with E-state index in [1.54, 1.807) is 0 Å². The van der Waals surface area contributed by atoms with Gasteiger partial charge in [0, 0.05) is 54.6 Å². The van der Waals surface area contributed by atoms with Gasteiger partial charge in [0.2, 0.25) is 5.91 Å². The molecule has 1 fully saturated rings. The van der Waals surface area contributed by atoms with Crippen LogP contribution in [0.1, 0.15) is 27.3 Å². The average molecular weight is 530 g/mol. The first kappa shape index (κ1) is 24.7. The van der Waals surface area contributed by atoms with Crippen LogP contribution in [-0.4, -0.2) is 82.4 Å². The van der Waals surface area contributed by atoms with Crippen molar-refractivity contribution in [1.82, 2.24) is 30.1 Å². The lowest BCUT2D eigenvalue weighted by Gasteiger charge is -2.31. The highest BCUT2D eigenvalue weighted by molar-refractivity contribution is 7.15. The Labute approximate surface area is 225 Å². The quantitative estimate of drug-likeness (QED) is 0.354. The van der Waals surface area contributed by atoms with Crippen molar-refractivity contribution in [2.45, 2.75) is 25.3 Å². The molecule has 4 aromatic rings. The van der Waals surface area contributed by atoms with E-state index in [2.05, 4.69) is 42.4 Å². The highest BCUT2D eigenvalue weighted by Gasteiger charge is 2.25. The number of aromatic nitrogens is 3. The topological polar surface area (TPSA) is 106 Å². The van der Waals surface area contributed by atoms with Crippen LogP contribution in [0.4, 0.5) is 5.13 Å². The number of rotatable bonds is 6. The van der Waals surface area contributed by atoms with Crippen LogP contribution in [0.15, 0.2) is 48.5 Å². The molecule has 1 aliphatic carbocycles. The third kappa shape index (κ3) is 5.47. The van der Waals surface area contributed by atoms with Gasteiger partial charge in [-0.3, -0.25) is 14.5 Å². The summed E-state index contributed by atoms with van der Waals surface area (Å²) in [6, 6.07) is 15.5. The maximum absolute atomic E-state index is 13.0. The Hall–Kier alpha value is -3.60. The first-order chi connectivity index (χ1) is 18.5. The van der Waals surface area contributed by atoms with Crippen LogP contribution in [0.5, 0.6) is 0 Å². The fraction of sp³-hybridized carbons (Fsp3) is 0.357. The number of carbonyl (C=O) groups excluding carboxylic acids is 2. The third-order valence-corrected chi connectivity index (χ3v) is 8.33. The fourth-order valence-corrected chi connectivity index (χ4v) is 6.16. The molecule has 1 saturated heterocycles. The summed E-state index contributed by atoms with van der Waals surface area (Å²) >= 11 is 1.52. The van der Waals surface area contributed by atoms with E-state index in [-0.39, 0.29) is 17.9 Å².